The quantitative estimate of drug-likeness (QED) is 0.147. The lowest BCUT2D eigenvalue weighted by atomic mass is 9.84. The Labute approximate surface area is 393 Å². The van der Waals surface area contributed by atoms with Crippen molar-refractivity contribution in [2.24, 2.45) is 11.3 Å². The first kappa shape index (κ1) is 47.6. The highest BCUT2D eigenvalue weighted by molar-refractivity contribution is 5.97. The van der Waals surface area contributed by atoms with Crippen molar-refractivity contribution in [1.29, 1.82) is 0 Å². The second-order valence-electron chi connectivity index (χ2n) is 19.6. The molecule has 67 heavy (non-hydrogen) atoms. The van der Waals surface area contributed by atoms with Crippen LogP contribution in [0, 0.1) is 11.3 Å². The number of piperidine rings is 1. The number of amides is 4. The molecule has 15 nitrogen and oxygen atoms in total. The van der Waals surface area contributed by atoms with Gasteiger partial charge in [-0.05, 0) is 91.6 Å². The van der Waals surface area contributed by atoms with Crippen LogP contribution in [0.15, 0.2) is 73.4 Å². The lowest BCUT2D eigenvalue weighted by molar-refractivity contribution is -0.155. The molecule has 0 radical (unpaired) electrons. The molecule has 2 N–H and O–H groups in total. The Bertz CT molecular complexity index is 2560. The molecule has 356 valence electrons. The van der Waals surface area contributed by atoms with E-state index in [2.05, 4.69) is 79.1 Å². The number of carbonyl (C=O) groups is 5. The summed E-state index contributed by atoms with van der Waals surface area (Å²) >= 11 is 0. The van der Waals surface area contributed by atoms with Gasteiger partial charge in [-0.3, -0.25) is 34.0 Å². The zero-order valence-corrected chi connectivity index (χ0v) is 39.9. The minimum Gasteiger partial charge on any atom is -0.464 e. The number of benzene rings is 2. The van der Waals surface area contributed by atoms with Gasteiger partial charge in [-0.25, -0.2) is 5.43 Å². The van der Waals surface area contributed by atoms with Gasteiger partial charge in [0.1, 0.15) is 24.9 Å². The summed E-state index contributed by atoms with van der Waals surface area (Å²) in [6, 6.07) is 15.8. The van der Waals surface area contributed by atoms with Gasteiger partial charge in [-0.15, -0.1) is 0 Å². The van der Waals surface area contributed by atoms with Crippen molar-refractivity contribution >= 4 is 40.5 Å². The maximum atomic E-state index is 14.8. The number of aryl methyl sites for hydroxylation is 1. The molecule has 6 heterocycles. The van der Waals surface area contributed by atoms with Crippen LogP contribution in [0.25, 0.3) is 33.3 Å². The van der Waals surface area contributed by atoms with Gasteiger partial charge in [0, 0.05) is 80.6 Å². The number of methoxy groups -OCH3 is 1. The molecule has 3 saturated heterocycles. The predicted octanol–water partition coefficient (Wildman–Crippen LogP) is 6.13. The van der Waals surface area contributed by atoms with E-state index in [0.29, 0.717) is 58.3 Å². The predicted molar refractivity (Wildman–Crippen MR) is 254 cm³/mol. The number of nitrogens with one attached hydrogen (secondary N) is 2. The zero-order valence-electron chi connectivity index (χ0n) is 39.9. The fourth-order valence-corrected chi connectivity index (χ4v) is 10.4. The lowest BCUT2D eigenvalue weighted by Gasteiger charge is -2.38. The highest BCUT2D eigenvalue weighted by Crippen LogP contribution is 2.42. The van der Waals surface area contributed by atoms with Crippen molar-refractivity contribution in [2.75, 3.05) is 40.1 Å². The smallest absolute Gasteiger partial charge is 0.324 e. The molecular weight excluding hydrogens is 851 g/mol. The van der Waals surface area contributed by atoms with Gasteiger partial charge < -0.3 is 33.9 Å². The summed E-state index contributed by atoms with van der Waals surface area (Å²) < 4.78 is 20.5. The van der Waals surface area contributed by atoms with Crippen molar-refractivity contribution < 1.29 is 38.2 Å². The average molecular weight is 916 g/mol. The fourth-order valence-electron chi connectivity index (χ4n) is 10.4. The first-order chi connectivity index (χ1) is 32.1. The van der Waals surface area contributed by atoms with Crippen LogP contribution in [-0.2, 0) is 57.6 Å². The Morgan fingerprint density at radius 2 is 1.79 bits per heavy atom. The number of ether oxygens (including phenoxy) is 3. The Hall–Kier alpha value is -5.90. The van der Waals surface area contributed by atoms with Gasteiger partial charge in [-0.2, -0.15) is 0 Å². The molecule has 4 atom stereocenters. The van der Waals surface area contributed by atoms with E-state index < -0.39 is 46.9 Å². The first-order valence-electron chi connectivity index (χ1n) is 23.7. The molecule has 0 aliphatic carbocycles. The van der Waals surface area contributed by atoms with E-state index in [1.165, 1.54) is 16.0 Å². The number of aromatic nitrogens is 2. The van der Waals surface area contributed by atoms with Crippen LogP contribution in [0.5, 0.6) is 0 Å². The molecular formula is C52H65N7O8. The summed E-state index contributed by atoms with van der Waals surface area (Å²) in [5, 5.41) is 5.58. The zero-order chi connectivity index (χ0) is 47.8. The van der Waals surface area contributed by atoms with E-state index in [1.54, 1.807) is 18.2 Å². The molecule has 6 bridgehead atoms. The summed E-state index contributed by atoms with van der Waals surface area (Å²) in [5.74, 6) is -2.19. The molecule has 4 aliphatic rings. The molecule has 8 rings (SSSR count). The Kier molecular flexibility index (Phi) is 13.8. The van der Waals surface area contributed by atoms with E-state index in [4.69, 9.17) is 19.2 Å². The number of hydrogen-bond donors (Lipinski definition) is 2. The third kappa shape index (κ3) is 9.38. The van der Waals surface area contributed by atoms with Gasteiger partial charge in [0.2, 0.25) is 11.8 Å². The van der Waals surface area contributed by atoms with Crippen LogP contribution < -0.4 is 10.7 Å². The molecule has 3 fully saturated rings. The molecule has 4 aromatic rings. The third-order valence-corrected chi connectivity index (χ3v) is 14.1. The monoisotopic (exact) mass is 915 g/mol. The molecule has 2 aromatic heterocycles. The number of likely N-dealkylation sites (tertiary alicyclic amines) is 1. The molecule has 0 saturated carbocycles. The van der Waals surface area contributed by atoms with Crippen LogP contribution in [0.4, 0.5) is 0 Å². The summed E-state index contributed by atoms with van der Waals surface area (Å²) in [4.78, 5) is 77.9. The summed E-state index contributed by atoms with van der Waals surface area (Å²) in [6.07, 6.45) is 5.13. The number of pyridine rings is 1. The number of fused-ring (bicyclic) bond motifs is 6. The molecule has 4 aliphatic heterocycles. The molecule has 1 unspecified atom stereocenters. The van der Waals surface area contributed by atoms with Crippen molar-refractivity contribution in [3.05, 3.63) is 90.3 Å². The first-order valence-corrected chi connectivity index (χ1v) is 23.7. The summed E-state index contributed by atoms with van der Waals surface area (Å²) in [5.41, 5.74) is 9.29. The average Bonchev–Trinajstić information content (AvgIpc) is 3.80. The highest BCUT2D eigenvalue weighted by Gasteiger charge is 2.53. The number of rotatable bonds is 9. The molecule has 4 amide bonds. The van der Waals surface area contributed by atoms with Gasteiger partial charge in [0.05, 0.1) is 24.1 Å². The van der Waals surface area contributed by atoms with E-state index >= 15 is 0 Å². The standard InChI is InChI=1S/C52H65N7O8/c1-9-43(60)56-24-20-52(21-25-56)50(64)58(31-67-52)45(32(3)4)47(61)54-41-27-34-14-11-15-35(26-34)36-18-19-42-38(28-36)39(46(57(42)10-2)37-16-12-22-53-44(37)33(5)65-8)29-51(6,7)30-66-49(63)40-17-13-23-59(55-40)48(41)62/h9,11-12,14-16,18-19,22,26,28,32-33,40-41,45,55H,1,10,13,17,20-21,23-25,27,29-31H2,2-8H3,(H,54,61)/t33-,40-,41-,45?/m0/s1. The van der Waals surface area contributed by atoms with E-state index in [9.17, 15) is 24.0 Å². The van der Waals surface area contributed by atoms with Crippen molar-refractivity contribution in [3.63, 3.8) is 0 Å². The number of cyclic esters (lactones) is 1. The molecule has 2 aromatic carbocycles. The topological polar surface area (TPSA) is 165 Å². The second kappa shape index (κ2) is 19.4. The van der Waals surface area contributed by atoms with Gasteiger partial charge in [0.25, 0.3) is 11.8 Å². The summed E-state index contributed by atoms with van der Waals surface area (Å²) in [6.45, 7) is 17.4. The van der Waals surface area contributed by atoms with Crippen LogP contribution in [-0.4, -0.2) is 118 Å². The lowest BCUT2D eigenvalue weighted by Crippen LogP contribution is -2.62. The van der Waals surface area contributed by atoms with Crippen LogP contribution >= 0.6 is 0 Å². The minimum atomic E-state index is -1.15. The van der Waals surface area contributed by atoms with Crippen LogP contribution in [0.1, 0.15) is 90.2 Å². The second-order valence-corrected chi connectivity index (χ2v) is 19.6. The number of nitrogens with zero attached hydrogens (tertiary/aromatic N) is 5. The Morgan fingerprint density at radius 3 is 2.51 bits per heavy atom. The van der Waals surface area contributed by atoms with Crippen molar-refractivity contribution in [2.45, 2.75) is 116 Å². The van der Waals surface area contributed by atoms with Gasteiger partial charge in [-0.1, -0.05) is 64.6 Å². The molecule has 1 spiro atoms. The third-order valence-electron chi connectivity index (χ3n) is 14.1. The van der Waals surface area contributed by atoms with E-state index in [-0.39, 0.29) is 43.6 Å². The highest BCUT2D eigenvalue weighted by atomic mass is 16.5. The maximum Gasteiger partial charge on any atom is 0.324 e. The summed E-state index contributed by atoms with van der Waals surface area (Å²) in [7, 11) is 1.69. The fraction of sp³-hybridized carbons (Fsp3) is 0.500. The number of carbonyl (C=O) groups excluding carboxylic acids is 5. The van der Waals surface area contributed by atoms with Crippen molar-refractivity contribution in [3.8, 4) is 22.4 Å². The SMILES string of the molecule is C=CC(=O)N1CCC2(CC1)OCN(C(C(=O)N[C@H]1Cc3cccc(c3)-c3ccc4c(c3)c(c(-c3cccnc3[C@H](C)OC)n4CC)CC(C)(C)COC(=O)[C@@H]3CCCN(N3)C1=O)C(C)C)C2=O. The largest absolute Gasteiger partial charge is 0.464 e. The van der Waals surface area contributed by atoms with Crippen LogP contribution in [0.3, 0.4) is 0 Å². The molecule has 15 heteroatoms. The number of hydrazine groups is 1. The van der Waals surface area contributed by atoms with Gasteiger partial charge in [0.15, 0.2) is 5.60 Å². The maximum absolute atomic E-state index is 14.8. The van der Waals surface area contributed by atoms with Crippen molar-refractivity contribution in [1.82, 2.24) is 35.1 Å². The van der Waals surface area contributed by atoms with E-state index in [1.807, 2.05) is 39.0 Å². The van der Waals surface area contributed by atoms with E-state index in [0.717, 1.165) is 50.1 Å². The number of hydrogen-bond acceptors (Lipinski definition) is 10. The number of esters is 1. The van der Waals surface area contributed by atoms with Gasteiger partial charge >= 0.3 is 5.97 Å². The Balaban J connectivity index is 1.17. The Morgan fingerprint density at radius 1 is 1.03 bits per heavy atom. The van der Waals surface area contributed by atoms with Crippen LogP contribution in [0.2, 0.25) is 0 Å². The minimum absolute atomic E-state index is 0.0929. The normalized spacial score (nSPS) is 21.9.